The highest BCUT2D eigenvalue weighted by Crippen LogP contribution is 2.29. The van der Waals surface area contributed by atoms with Crippen LogP contribution >= 0.6 is 11.3 Å². The second kappa shape index (κ2) is 7.41. The lowest BCUT2D eigenvalue weighted by Crippen LogP contribution is -2.31. The predicted molar refractivity (Wildman–Crippen MR) is 99.0 cm³/mol. The quantitative estimate of drug-likeness (QED) is 0.717. The Labute approximate surface area is 146 Å². The highest BCUT2D eigenvalue weighted by molar-refractivity contribution is 7.10. The second-order valence-electron chi connectivity index (χ2n) is 6.00. The van der Waals surface area contributed by atoms with Crippen LogP contribution in [0.25, 0.3) is 11.3 Å². The number of carbonyl (C=O) groups is 1. The first kappa shape index (κ1) is 16.4. The van der Waals surface area contributed by atoms with E-state index >= 15 is 0 Å². The van der Waals surface area contributed by atoms with E-state index in [0.717, 1.165) is 16.3 Å². The molecule has 0 unspecified atom stereocenters. The van der Waals surface area contributed by atoms with Crippen molar-refractivity contribution in [1.29, 1.82) is 0 Å². The monoisotopic (exact) mass is 336 g/mol. The van der Waals surface area contributed by atoms with Crippen LogP contribution in [0.1, 0.15) is 35.3 Å². The number of nitrogens with one attached hydrogen (secondary N) is 1. The van der Waals surface area contributed by atoms with Crippen LogP contribution in [0, 0.1) is 5.92 Å². The summed E-state index contributed by atoms with van der Waals surface area (Å²) in [4.78, 5) is 17.2. The molecule has 2 aromatic carbocycles. The molecule has 0 bridgehead atoms. The van der Waals surface area contributed by atoms with Crippen molar-refractivity contribution < 1.29 is 4.79 Å². The molecule has 1 amide bonds. The van der Waals surface area contributed by atoms with Crippen LogP contribution in [0.15, 0.2) is 66.0 Å². The average Bonchev–Trinajstić information content (AvgIpc) is 3.10. The normalized spacial score (nSPS) is 12.1. The number of thiazole rings is 1. The largest absolute Gasteiger partial charge is 0.343 e. The van der Waals surface area contributed by atoms with Gasteiger partial charge in [0.15, 0.2) is 0 Å². The van der Waals surface area contributed by atoms with Crippen LogP contribution in [0.3, 0.4) is 0 Å². The SMILES string of the molecule is CC(C)[C@H](NC(=O)c1ccccc1)c1nc(-c2ccccc2)cs1. The number of nitrogens with zero attached hydrogens (tertiary/aromatic N) is 1. The molecule has 0 aliphatic heterocycles. The van der Waals surface area contributed by atoms with Crippen molar-refractivity contribution in [3.05, 3.63) is 76.6 Å². The van der Waals surface area contributed by atoms with Crippen LogP contribution in [0.5, 0.6) is 0 Å². The van der Waals surface area contributed by atoms with Gasteiger partial charge in [-0.3, -0.25) is 4.79 Å². The first-order valence-electron chi connectivity index (χ1n) is 8.02. The summed E-state index contributed by atoms with van der Waals surface area (Å²) in [6, 6.07) is 19.3. The molecule has 0 saturated heterocycles. The van der Waals surface area contributed by atoms with Crippen molar-refractivity contribution in [2.24, 2.45) is 5.92 Å². The van der Waals surface area contributed by atoms with Gasteiger partial charge in [-0.05, 0) is 18.1 Å². The van der Waals surface area contributed by atoms with E-state index in [2.05, 4.69) is 24.5 Å². The van der Waals surface area contributed by atoms with Gasteiger partial charge in [0.1, 0.15) is 5.01 Å². The minimum absolute atomic E-state index is 0.0641. The summed E-state index contributed by atoms with van der Waals surface area (Å²) in [7, 11) is 0. The summed E-state index contributed by atoms with van der Waals surface area (Å²) in [5, 5.41) is 6.11. The maximum Gasteiger partial charge on any atom is 0.251 e. The smallest absolute Gasteiger partial charge is 0.251 e. The number of hydrogen-bond donors (Lipinski definition) is 1. The highest BCUT2D eigenvalue weighted by atomic mass is 32.1. The van der Waals surface area contributed by atoms with Gasteiger partial charge in [-0.1, -0.05) is 62.4 Å². The maximum absolute atomic E-state index is 12.5. The Kier molecular flexibility index (Phi) is 5.06. The molecule has 1 atom stereocenters. The zero-order valence-corrected chi connectivity index (χ0v) is 14.6. The van der Waals surface area contributed by atoms with Crippen LogP contribution in [-0.2, 0) is 0 Å². The van der Waals surface area contributed by atoms with Crippen molar-refractivity contribution in [3.8, 4) is 11.3 Å². The van der Waals surface area contributed by atoms with Crippen LogP contribution in [0.2, 0.25) is 0 Å². The molecule has 0 fully saturated rings. The zero-order valence-electron chi connectivity index (χ0n) is 13.8. The third kappa shape index (κ3) is 3.71. The van der Waals surface area contributed by atoms with E-state index in [4.69, 9.17) is 4.98 Å². The molecule has 1 aromatic heterocycles. The zero-order chi connectivity index (χ0) is 16.9. The molecule has 24 heavy (non-hydrogen) atoms. The summed E-state index contributed by atoms with van der Waals surface area (Å²) < 4.78 is 0. The molecule has 0 aliphatic carbocycles. The average molecular weight is 336 g/mol. The van der Waals surface area contributed by atoms with E-state index in [1.54, 1.807) is 11.3 Å². The van der Waals surface area contributed by atoms with Gasteiger partial charge < -0.3 is 5.32 Å². The Morgan fingerprint density at radius 1 is 1.00 bits per heavy atom. The van der Waals surface area contributed by atoms with E-state index in [1.165, 1.54) is 0 Å². The first-order chi connectivity index (χ1) is 11.6. The van der Waals surface area contributed by atoms with Crippen molar-refractivity contribution >= 4 is 17.2 Å². The summed E-state index contributed by atoms with van der Waals surface area (Å²) in [5.74, 6) is 0.193. The molecular formula is C20H20N2OS. The predicted octanol–water partition coefficient (Wildman–Crippen LogP) is 4.94. The van der Waals surface area contributed by atoms with Gasteiger partial charge in [0.05, 0.1) is 11.7 Å². The Balaban J connectivity index is 1.82. The topological polar surface area (TPSA) is 42.0 Å². The molecule has 3 nitrogen and oxygen atoms in total. The molecule has 1 heterocycles. The Hall–Kier alpha value is -2.46. The number of carbonyl (C=O) groups excluding carboxylic acids is 1. The summed E-state index contributed by atoms with van der Waals surface area (Å²) in [6.45, 7) is 4.19. The van der Waals surface area contributed by atoms with E-state index in [1.807, 2.05) is 60.7 Å². The van der Waals surface area contributed by atoms with Crippen LogP contribution in [0.4, 0.5) is 0 Å². The number of rotatable bonds is 5. The molecule has 4 heteroatoms. The van der Waals surface area contributed by atoms with Crippen LogP contribution < -0.4 is 5.32 Å². The van der Waals surface area contributed by atoms with Gasteiger partial charge in [0.25, 0.3) is 5.91 Å². The van der Waals surface area contributed by atoms with E-state index in [9.17, 15) is 4.79 Å². The first-order valence-corrected chi connectivity index (χ1v) is 8.90. The fourth-order valence-corrected chi connectivity index (χ4v) is 3.55. The fraction of sp³-hybridized carbons (Fsp3) is 0.200. The lowest BCUT2D eigenvalue weighted by molar-refractivity contribution is 0.0925. The van der Waals surface area contributed by atoms with E-state index in [0.29, 0.717) is 5.56 Å². The third-order valence-electron chi connectivity index (χ3n) is 3.85. The molecule has 0 radical (unpaired) electrons. The molecule has 0 aliphatic rings. The molecule has 1 N–H and O–H groups in total. The van der Waals surface area contributed by atoms with Crippen molar-refractivity contribution in [2.45, 2.75) is 19.9 Å². The Morgan fingerprint density at radius 3 is 2.25 bits per heavy atom. The van der Waals surface area contributed by atoms with Gasteiger partial charge in [0.2, 0.25) is 0 Å². The maximum atomic E-state index is 12.5. The molecule has 3 aromatic rings. The van der Waals surface area contributed by atoms with E-state index < -0.39 is 0 Å². The van der Waals surface area contributed by atoms with Crippen molar-refractivity contribution in [2.75, 3.05) is 0 Å². The third-order valence-corrected chi connectivity index (χ3v) is 4.77. The fourth-order valence-electron chi connectivity index (χ4n) is 2.50. The molecule has 122 valence electrons. The number of amides is 1. The lowest BCUT2D eigenvalue weighted by Gasteiger charge is -2.20. The summed E-state index contributed by atoms with van der Waals surface area (Å²) in [6.07, 6.45) is 0. The molecule has 3 rings (SSSR count). The van der Waals surface area contributed by atoms with Gasteiger partial charge in [-0.2, -0.15) is 0 Å². The molecule has 0 spiro atoms. The Bertz CT molecular complexity index is 797. The van der Waals surface area contributed by atoms with Crippen LogP contribution in [-0.4, -0.2) is 10.9 Å². The van der Waals surface area contributed by atoms with Crippen molar-refractivity contribution in [1.82, 2.24) is 10.3 Å². The van der Waals surface area contributed by atoms with Gasteiger partial charge >= 0.3 is 0 Å². The summed E-state index contributed by atoms with van der Waals surface area (Å²) >= 11 is 1.59. The minimum atomic E-state index is -0.0971. The number of hydrogen-bond acceptors (Lipinski definition) is 3. The number of benzene rings is 2. The highest BCUT2D eigenvalue weighted by Gasteiger charge is 2.22. The summed E-state index contributed by atoms with van der Waals surface area (Å²) in [5.41, 5.74) is 2.72. The number of aromatic nitrogens is 1. The minimum Gasteiger partial charge on any atom is -0.343 e. The lowest BCUT2D eigenvalue weighted by atomic mass is 10.0. The van der Waals surface area contributed by atoms with E-state index in [-0.39, 0.29) is 17.9 Å². The Morgan fingerprint density at radius 2 is 1.62 bits per heavy atom. The van der Waals surface area contributed by atoms with Gasteiger partial charge in [-0.25, -0.2) is 4.98 Å². The van der Waals surface area contributed by atoms with Gasteiger partial charge in [-0.15, -0.1) is 11.3 Å². The standard InChI is InChI=1S/C20H20N2OS/c1-14(2)18(22-19(23)16-11-7-4-8-12-16)20-21-17(13-24-20)15-9-5-3-6-10-15/h3-14,18H,1-2H3,(H,22,23)/t18-/m0/s1. The molecular weight excluding hydrogens is 316 g/mol. The molecule has 0 saturated carbocycles. The van der Waals surface area contributed by atoms with Gasteiger partial charge in [0, 0.05) is 16.5 Å². The van der Waals surface area contributed by atoms with Crippen molar-refractivity contribution in [3.63, 3.8) is 0 Å². The second-order valence-corrected chi connectivity index (χ2v) is 6.89.